The Labute approximate surface area is 121 Å². The molecule has 0 aliphatic rings. The van der Waals surface area contributed by atoms with E-state index in [1.165, 1.54) is 0 Å². The van der Waals surface area contributed by atoms with Crippen molar-refractivity contribution in [3.8, 4) is 0 Å². The average molecular weight is 313 g/mol. The lowest BCUT2D eigenvalue weighted by Crippen LogP contribution is -2.16. The van der Waals surface area contributed by atoms with Crippen molar-refractivity contribution in [2.45, 2.75) is 12.4 Å². The van der Waals surface area contributed by atoms with Crippen LogP contribution in [0.5, 0.6) is 0 Å². The van der Waals surface area contributed by atoms with Crippen LogP contribution in [0.1, 0.15) is 11.1 Å². The molecule has 0 amide bonds. The zero-order valence-corrected chi connectivity index (χ0v) is 11.7. The maximum atomic E-state index is 13.4. The number of rotatable bonds is 5. The van der Waals surface area contributed by atoms with Crippen molar-refractivity contribution in [2.75, 3.05) is 4.72 Å². The first-order chi connectivity index (χ1) is 9.89. The minimum atomic E-state index is -3.84. The van der Waals surface area contributed by atoms with Crippen LogP contribution in [0, 0.1) is 11.6 Å². The summed E-state index contributed by atoms with van der Waals surface area (Å²) >= 11 is 0. The van der Waals surface area contributed by atoms with Gasteiger partial charge in [0, 0.05) is 6.07 Å². The number of halogens is 2. The molecule has 112 valence electrons. The fraction of sp³-hybridized carbons (Fsp3) is 0.143. The summed E-state index contributed by atoms with van der Waals surface area (Å²) in [6.45, 7) is -0.200. The van der Waals surface area contributed by atoms with Crippen LogP contribution in [0.4, 0.5) is 14.5 Å². The summed E-state index contributed by atoms with van der Waals surface area (Å²) in [5, 5.41) is 9.01. The molecule has 2 rings (SSSR count). The van der Waals surface area contributed by atoms with E-state index in [-0.39, 0.29) is 18.0 Å². The highest BCUT2D eigenvalue weighted by Crippen LogP contribution is 2.18. The molecule has 0 atom stereocenters. The molecule has 21 heavy (non-hydrogen) atoms. The van der Waals surface area contributed by atoms with Crippen LogP contribution >= 0.6 is 0 Å². The number of aliphatic hydroxyl groups is 1. The van der Waals surface area contributed by atoms with Crippen LogP contribution < -0.4 is 4.72 Å². The van der Waals surface area contributed by atoms with E-state index in [2.05, 4.69) is 4.72 Å². The van der Waals surface area contributed by atoms with Crippen LogP contribution in [0.15, 0.2) is 42.5 Å². The largest absolute Gasteiger partial charge is 0.392 e. The normalized spacial score (nSPS) is 11.4. The topological polar surface area (TPSA) is 66.4 Å². The van der Waals surface area contributed by atoms with Crippen molar-refractivity contribution < 1.29 is 22.3 Å². The Kier molecular flexibility index (Phi) is 4.54. The smallest absolute Gasteiger partial charge is 0.237 e. The summed E-state index contributed by atoms with van der Waals surface area (Å²) in [7, 11) is -3.84. The van der Waals surface area contributed by atoms with Crippen LogP contribution in [-0.4, -0.2) is 13.5 Å². The fourth-order valence-electron chi connectivity index (χ4n) is 1.81. The van der Waals surface area contributed by atoms with Gasteiger partial charge in [-0.2, -0.15) is 0 Å². The number of anilines is 1. The van der Waals surface area contributed by atoms with E-state index in [0.717, 1.165) is 12.1 Å². The molecule has 4 nitrogen and oxygen atoms in total. The number of hydrogen-bond acceptors (Lipinski definition) is 3. The second kappa shape index (κ2) is 6.19. The van der Waals surface area contributed by atoms with Crippen LogP contribution in [-0.2, 0) is 22.4 Å². The van der Waals surface area contributed by atoms with Gasteiger partial charge in [0.05, 0.1) is 18.0 Å². The van der Waals surface area contributed by atoms with Gasteiger partial charge in [0.15, 0.2) is 0 Å². The molecule has 0 aliphatic heterocycles. The molecule has 2 aromatic carbocycles. The standard InChI is InChI=1S/C14H13F2NO3S/c15-12-4-5-14(13(16)7-12)17-21(19,20)9-11-3-1-2-10(6-11)8-18/h1-7,17-18H,8-9H2. The predicted molar refractivity (Wildman–Crippen MR) is 75.0 cm³/mol. The van der Waals surface area contributed by atoms with Crippen molar-refractivity contribution in [1.29, 1.82) is 0 Å². The van der Waals surface area contributed by atoms with E-state index >= 15 is 0 Å². The zero-order valence-electron chi connectivity index (χ0n) is 10.9. The molecule has 0 fully saturated rings. The van der Waals surface area contributed by atoms with Crippen LogP contribution in [0.3, 0.4) is 0 Å². The molecule has 0 heterocycles. The molecule has 0 unspecified atom stereocenters. The first-order valence-corrected chi connectivity index (χ1v) is 7.69. The molecule has 0 radical (unpaired) electrons. The van der Waals surface area contributed by atoms with Crippen LogP contribution in [0.2, 0.25) is 0 Å². The number of benzene rings is 2. The molecule has 0 spiro atoms. The minimum Gasteiger partial charge on any atom is -0.392 e. The van der Waals surface area contributed by atoms with Gasteiger partial charge in [-0.25, -0.2) is 17.2 Å². The second-order valence-electron chi connectivity index (χ2n) is 4.46. The van der Waals surface area contributed by atoms with E-state index in [0.29, 0.717) is 17.2 Å². The highest BCUT2D eigenvalue weighted by atomic mass is 32.2. The van der Waals surface area contributed by atoms with Crippen molar-refractivity contribution in [3.05, 3.63) is 65.2 Å². The van der Waals surface area contributed by atoms with E-state index in [9.17, 15) is 17.2 Å². The Morgan fingerprint density at radius 1 is 1.05 bits per heavy atom. The van der Waals surface area contributed by atoms with E-state index in [1.54, 1.807) is 24.3 Å². The van der Waals surface area contributed by atoms with Gasteiger partial charge in [0.25, 0.3) is 0 Å². The number of aliphatic hydroxyl groups excluding tert-OH is 1. The minimum absolute atomic E-state index is 0.200. The predicted octanol–water partition coefficient (Wildman–Crippen LogP) is 2.40. The van der Waals surface area contributed by atoms with E-state index in [1.807, 2.05) is 0 Å². The highest BCUT2D eigenvalue weighted by Gasteiger charge is 2.15. The summed E-state index contributed by atoms with van der Waals surface area (Å²) in [6.07, 6.45) is 0. The van der Waals surface area contributed by atoms with Crippen molar-refractivity contribution >= 4 is 15.7 Å². The Hall–Kier alpha value is -1.99. The van der Waals surface area contributed by atoms with Crippen molar-refractivity contribution in [1.82, 2.24) is 0 Å². The average Bonchev–Trinajstić information content (AvgIpc) is 2.41. The summed E-state index contributed by atoms with van der Waals surface area (Å²) in [5.41, 5.74) is 0.724. The summed E-state index contributed by atoms with van der Waals surface area (Å²) in [4.78, 5) is 0. The third-order valence-electron chi connectivity index (χ3n) is 2.73. The molecule has 2 aromatic rings. The quantitative estimate of drug-likeness (QED) is 0.891. The Balaban J connectivity index is 2.18. The molecule has 0 aliphatic carbocycles. The Morgan fingerprint density at radius 2 is 1.76 bits per heavy atom. The number of hydrogen-bond donors (Lipinski definition) is 2. The lowest BCUT2D eigenvalue weighted by atomic mass is 10.1. The van der Waals surface area contributed by atoms with Gasteiger partial charge in [0.2, 0.25) is 10.0 Å². The number of nitrogens with one attached hydrogen (secondary N) is 1. The lowest BCUT2D eigenvalue weighted by molar-refractivity contribution is 0.282. The third kappa shape index (κ3) is 4.24. The van der Waals surface area contributed by atoms with Crippen LogP contribution in [0.25, 0.3) is 0 Å². The van der Waals surface area contributed by atoms with Gasteiger partial charge in [0.1, 0.15) is 11.6 Å². The summed E-state index contributed by atoms with van der Waals surface area (Å²) < 4.78 is 52.2. The highest BCUT2D eigenvalue weighted by molar-refractivity contribution is 7.91. The van der Waals surface area contributed by atoms with E-state index < -0.39 is 21.7 Å². The van der Waals surface area contributed by atoms with Gasteiger partial charge < -0.3 is 5.11 Å². The SMILES string of the molecule is O=S(=O)(Cc1cccc(CO)c1)Nc1ccc(F)cc1F. The maximum absolute atomic E-state index is 13.4. The van der Waals surface area contributed by atoms with Gasteiger partial charge in [-0.1, -0.05) is 24.3 Å². The summed E-state index contributed by atoms with van der Waals surface area (Å²) in [6, 6.07) is 8.99. The molecule has 7 heteroatoms. The molecular formula is C14H13F2NO3S. The maximum Gasteiger partial charge on any atom is 0.237 e. The Bertz CT molecular complexity index is 748. The van der Waals surface area contributed by atoms with Crippen molar-refractivity contribution in [2.24, 2.45) is 0 Å². The molecule has 2 N–H and O–H groups in total. The van der Waals surface area contributed by atoms with Gasteiger partial charge >= 0.3 is 0 Å². The molecule has 0 bridgehead atoms. The molecule has 0 aromatic heterocycles. The lowest BCUT2D eigenvalue weighted by Gasteiger charge is -2.09. The summed E-state index contributed by atoms with van der Waals surface area (Å²) in [5.74, 6) is -2.15. The first kappa shape index (κ1) is 15.4. The van der Waals surface area contributed by atoms with Gasteiger partial charge in [-0.3, -0.25) is 4.72 Å². The second-order valence-corrected chi connectivity index (χ2v) is 6.19. The zero-order chi connectivity index (χ0) is 15.5. The molecular weight excluding hydrogens is 300 g/mol. The van der Waals surface area contributed by atoms with E-state index in [4.69, 9.17) is 5.11 Å². The Morgan fingerprint density at radius 3 is 2.43 bits per heavy atom. The third-order valence-corrected chi connectivity index (χ3v) is 3.97. The van der Waals surface area contributed by atoms with Gasteiger partial charge in [-0.15, -0.1) is 0 Å². The molecule has 0 saturated heterocycles. The monoisotopic (exact) mass is 313 g/mol. The van der Waals surface area contributed by atoms with Gasteiger partial charge in [-0.05, 0) is 23.3 Å². The number of sulfonamides is 1. The first-order valence-electron chi connectivity index (χ1n) is 6.04. The fourth-order valence-corrected chi connectivity index (χ4v) is 3.00. The van der Waals surface area contributed by atoms with Crippen molar-refractivity contribution in [3.63, 3.8) is 0 Å². The molecule has 0 saturated carbocycles.